The summed E-state index contributed by atoms with van der Waals surface area (Å²) in [5.74, 6) is -1.46. The monoisotopic (exact) mass is 463 g/mol. The van der Waals surface area contributed by atoms with Crippen molar-refractivity contribution in [2.24, 2.45) is 0 Å². The van der Waals surface area contributed by atoms with Gasteiger partial charge in [0, 0.05) is 31.8 Å². The Kier molecular flexibility index (Phi) is 7.05. The molecule has 8 nitrogen and oxygen atoms in total. The van der Waals surface area contributed by atoms with E-state index in [0.717, 1.165) is 18.4 Å². The lowest BCUT2D eigenvalue weighted by molar-refractivity contribution is -0.157. The maximum Gasteiger partial charge on any atom is 0.328 e. The third kappa shape index (κ3) is 4.58. The van der Waals surface area contributed by atoms with Crippen LogP contribution in [-0.4, -0.2) is 57.7 Å². The summed E-state index contributed by atoms with van der Waals surface area (Å²) in [5.41, 5.74) is 0.0479. The van der Waals surface area contributed by atoms with E-state index in [1.54, 1.807) is 55.7 Å². The molecule has 0 bridgehead atoms. The van der Waals surface area contributed by atoms with Crippen LogP contribution in [0.1, 0.15) is 50.2 Å². The Morgan fingerprint density at radius 2 is 1.91 bits per heavy atom. The minimum atomic E-state index is -1.31. The van der Waals surface area contributed by atoms with Crippen LogP contribution in [0.3, 0.4) is 0 Å². The second-order valence-corrected chi connectivity index (χ2v) is 8.80. The van der Waals surface area contributed by atoms with Gasteiger partial charge in [-0.15, -0.1) is 0 Å². The molecule has 2 atom stereocenters. The van der Waals surface area contributed by atoms with Gasteiger partial charge in [0.25, 0.3) is 0 Å². The molecule has 2 aromatic rings. The number of hydrogen-bond acceptors (Lipinski definition) is 6. The molecular formula is C26H29N3O5. The highest BCUT2D eigenvalue weighted by atomic mass is 16.5. The van der Waals surface area contributed by atoms with Gasteiger partial charge >= 0.3 is 5.97 Å². The van der Waals surface area contributed by atoms with E-state index in [9.17, 15) is 19.2 Å². The summed E-state index contributed by atoms with van der Waals surface area (Å²) < 4.78 is 5.20. The van der Waals surface area contributed by atoms with Crippen molar-refractivity contribution < 1.29 is 23.9 Å². The van der Waals surface area contributed by atoms with Crippen LogP contribution in [0.25, 0.3) is 0 Å². The molecule has 2 saturated heterocycles. The summed E-state index contributed by atoms with van der Waals surface area (Å²) in [5, 5.41) is 0. The van der Waals surface area contributed by atoms with Gasteiger partial charge in [-0.3, -0.25) is 24.3 Å². The van der Waals surface area contributed by atoms with Gasteiger partial charge in [-0.2, -0.15) is 0 Å². The first kappa shape index (κ1) is 23.6. The lowest BCUT2D eigenvalue weighted by Crippen LogP contribution is -2.51. The zero-order chi connectivity index (χ0) is 24.1. The topological polar surface area (TPSA) is 96.9 Å². The van der Waals surface area contributed by atoms with E-state index in [2.05, 4.69) is 4.98 Å². The van der Waals surface area contributed by atoms with Crippen LogP contribution in [0.5, 0.6) is 0 Å². The average molecular weight is 464 g/mol. The van der Waals surface area contributed by atoms with E-state index in [-0.39, 0.29) is 37.8 Å². The summed E-state index contributed by atoms with van der Waals surface area (Å²) >= 11 is 0. The van der Waals surface area contributed by atoms with Crippen molar-refractivity contribution in [3.8, 4) is 0 Å². The zero-order valence-corrected chi connectivity index (χ0v) is 19.3. The van der Waals surface area contributed by atoms with Crippen LogP contribution in [0.15, 0.2) is 54.9 Å². The minimum absolute atomic E-state index is 0.0975. The van der Waals surface area contributed by atoms with Crippen LogP contribution in [-0.2, 0) is 35.9 Å². The first-order chi connectivity index (χ1) is 16.5. The number of likely N-dealkylation sites (tertiary alicyclic amines) is 2. The van der Waals surface area contributed by atoms with E-state index < -0.39 is 23.3 Å². The Morgan fingerprint density at radius 1 is 1.12 bits per heavy atom. The third-order valence-corrected chi connectivity index (χ3v) is 6.63. The Bertz CT molecular complexity index is 1060. The molecule has 2 fully saturated rings. The number of aromatic nitrogens is 1. The van der Waals surface area contributed by atoms with Gasteiger partial charge in [-0.25, -0.2) is 4.79 Å². The van der Waals surface area contributed by atoms with Crippen molar-refractivity contribution in [3.05, 3.63) is 66.0 Å². The summed E-state index contributed by atoms with van der Waals surface area (Å²) in [6.07, 6.45) is 5.10. The molecule has 178 valence electrons. The number of carbonyl (C=O) groups is 4. The fraction of sp³-hybridized carbons (Fsp3) is 0.423. The highest BCUT2D eigenvalue weighted by Crippen LogP contribution is 2.41. The Morgan fingerprint density at radius 3 is 2.62 bits per heavy atom. The maximum atomic E-state index is 13.8. The van der Waals surface area contributed by atoms with Crippen LogP contribution in [0, 0.1) is 0 Å². The predicted octanol–water partition coefficient (Wildman–Crippen LogP) is 2.61. The van der Waals surface area contributed by atoms with Crippen molar-refractivity contribution in [2.45, 2.75) is 57.0 Å². The Labute approximate surface area is 198 Å². The van der Waals surface area contributed by atoms with Crippen LogP contribution >= 0.6 is 0 Å². The van der Waals surface area contributed by atoms with E-state index in [1.807, 2.05) is 6.07 Å². The number of pyridine rings is 1. The minimum Gasteiger partial charge on any atom is -0.464 e. The fourth-order valence-electron chi connectivity index (χ4n) is 4.93. The third-order valence-electron chi connectivity index (χ3n) is 6.63. The fourth-order valence-corrected chi connectivity index (χ4v) is 4.93. The highest BCUT2D eigenvalue weighted by molar-refractivity contribution is 6.10. The second-order valence-electron chi connectivity index (χ2n) is 8.80. The average Bonchev–Trinajstić information content (AvgIpc) is 3.10. The number of benzene rings is 1. The molecule has 0 radical (unpaired) electrons. The zero-order valence-electron chi connectivity index (χ0n) is 19.3. The molecule has 34 heavy (non-hydrogen) atoms. The molecule has 4 rings (SSSR count). The first-order valence-electron chi connectivity index (χ1n) is 11.7. The number of rotatable bonds is 7. The van der Waals surface area contributed by atoms with Crippen molar-refractivity contribution in [1.29, 1.82) is 0 Å². The number of carbonyl (C=O) groups excluding carboxylic acids is 4. The summed E-state index contributed by atoms with van der Waals surface area (Å²) in [7, 11) is 0. The van der Waals surface area contributed by atoms with E-state index in [0.29, 0.717) is 18.5 Å². The normalized spacial score (nSPS) is 22.7. The number of esters is 1. The molecule has 0 aliphatic carbocycles. The number of amides is 3. The maximum absolute atomic E-state index is 13.8. The van der Waals surface area contributed by atoms with Crippen LogP contribution < -0.4 is 0 Å². The summed E-state index contributed by atoms with van der Waals surface area (Å²) in [6.45, 7) is 2.50. The molecule has 0 spiro atoms. The quantitative estimate of drug-likeness (QED) is 0.463. The van der Waals surface area contributed by atoms with Crippen molar-refractivity contribution in [3.63, 3.8) is 0 Å². The molecule has 2 aliphatic rings. The molecule has 3 amide bonds. The molecule has 8 heteroatoms. The molecule has 3 heterocycles. The largest absolute Gasteiger partial charge is 0.464 e. The highest BCUT2D eigenvalue weighted by Gasteiger charge is 2.54. The molecule has 0 unspecified atom stereocenters. The number of ether oxygens (including phenoxy) is 1. The Balaban J connectivity index is 1.64. The predicted molar refractivity (Wildman–Crippen MR) is 123 cm³/mol. The van der Waals surface area contributed by atoms with Gasteiger partial charge in [0.2, 0.25) is 17.7 Å². The molecule has 0 N–H and O–H groups in total. The Hall–Kier alpha value is -3.55. The van der Waals surface area contributed by atoms with Gasteiger partial charge in [0.05, 0.1) is 18.6 Å². The van der Waals surface area contributed by atoms with Gasteiger partial charge in [-0.1, -0.05) is 36.4 Å². The van der Waals surface area contributed by atoms with E-state index in [4.69, 9.17) is 4.74 Å². The van der Waals surface area contributed by atoms with Crippen LogP contribution in [0.4, 0.5) is 0 Å². The molecule has 0 saturated carbocycles. The lowest BCUT2D eigenvalue weighted by atomic mass is 9.75. The summed E-state index contributed by atoms with van der Waals surface area (Å²) in [6, 6.07) is 11.9. The van der Waals surface area contributed by atoms with E-state index in [1.165, 1.54) is 9.80 Å². The standard InChI is InChI=1S/C26H29N3O5/c1-2-34-24(32)21-12-6-7-14-28(21)22(30)15-26(20-10-4-3-5-11-20)16-23(31)29(25(26)33)18-19-9-8-13-27-17-19/h3-5,8-11,13,17,21H,2,6-7,12,14-16,18H2,1H3/t21-,26+/m0/s1. The van der Waals surface area contributed by atoms with Crippen LogP contribution in [0.2, 0.25) is 0 Å². The molecule has 1 aromatic carbocycles. The lowest BCUT2D eigenvalue weighted by Gasteiger charge is -2.36. The first-order valence-corrected chi connectivity index (χ1v) is 11.7. The number of piperidine rings is 1. The molecule has 2 aliphatic heterocycles. The van der Waals surface area contributed by atoms with Crippen molar-refractivity contribution in [2.75, 3.05) is 13.2 Å². The SMILES string of the molecule is CCOC(=O)[C@@H]1CCCCN1C(=O)C[C@]1(c2ccccc2)CC(=O)N(Cc2cccnc2)C1=O. The number of hydrogen-bond donors (Lipinski definition) is 0. The number of nitrogens with zero attached hydrogens (tertiary/aromatic N) is 3. The molecule has 1 aromatic heterocycles. The molecular weight excluding hydrogens is 434 g/mol. The second kappa shape index (κ2) is 10.2. The van der Waals surface area contributed by atoms with Gasteiger partial charge in [0.15, 0.2) is 0 Å². The van der Waals surface area contributed by atoms with Crippen molar-refractivity contribution >= 4 is 23.7 Å². The smallest absolute Gasteiger partial charge is 0.328 e. The summed E-state index contributed by atoms with van der Waals surface area (Å²) in [4.78, 5) is 59.8. The van der Waals surface area contributed by atoms with Gasteiger partial charge in [0.1, 0.15) is 6.04 Å². The van der Waals surface area contributed by atoms with Gasteiger partial charge in [-0.05, 0) is 43.4 Å². The van der Waals surface area contributed by atoms with Gasteiger partial charge < -0.3 is 9.64 Å². The number of imide groups is 1. The van der Waals surface area contributed by atoms with E-state index >= 15 is 0 Å². The van der Waals surface area contributed by atoms with Crippen molar-refractivity contribution in [1.82, 2.24) is 14.8 Å².